The van der Waals surface area contributed by atoms with Crippen molar-refractivity contribution in [2.75, 3.05) is 0 Å². The number of para-hydroxylation sites is 1. The highest BCUT2D eigenvalue weighted by Crippen LogP contribution is 2.18. The summed E-state index contributed by atoms with van der Waals surface area (Å²) in [5, 5.41) is 25.2. The monoisotopic (exact) mass is 442 g/mol. The van der Waals surface area contributed by atoms with Gasteiger partial charge in [-0.25, -0.2) is 9.78 Å². The molecule has 0 saturated carbocycles. The van der Waals surface area contributed by atoms with Crippen molar-refractivity contribution < 1.29 is 24.6 Å². The summed E-state index contributed by atoms with van der Waals surface area (Å²) >= 11 is 0. The molecule has 2 amide bonds. The molecular weight excluding hydrogens is 416 g/mol. The van der Waals surface area contributed by atoms with Crippen molar-refractivity contribution in [2.45, 2.75) is 44.0 Å². The highest BCUT2D eigenvalue weighted by molar-refractivity contribution is 5.92. The molecule has 0 unspecified atom stereocenters. The number of amides is 2. The number of H-pyrrole nitrogens is 2. The van der Waals surface area contributed by atoms with Crippen LogP contribution in [0.5, 0.6) is 0 Å². The number of hydrogen-bond donors (Lipinski definition) is 7. The molecule has 3 aromatic rings. The number of nitrogens with two attached hydrogens (primary N) is 1. The van der Waals surface area contributed by atoms with E-state index in [1.165, 1.54) is 19.4 Å². The molecule has 2 aromatic heterocycles. The molecule has 3 rings (SSSR count). The summed E-state index contributed by atoms with van der Waals surface area (Å²) in [7, 11) is 0. The van der Waals surface area contributed by atoms with Crippen molar-refractivity contribution >= 4 is 28.7 Å². The number of hydrogen-bond acceptors (Lipinski definition) is 6. The van der Waals surface area contributed by atoms with Crippen LogP contribution < -0.4 is 16.4 Å². The number of carbonyl (C=O) groups excluding carboxylic acids is 2. The van der Waals surface area contributed by atoms with E-state index in [1.54, 1.807) is 6.20 Å². The quantitative estimate of drug-likeness (QED) is 0.219. The van der Waals surface area contributed by atoms with E-state index in [9.17, 15) is 24.6 Å². The summed E-state index contributed by atoms with van der Waals surface area (Å²) in [6, 6.07) is 3.94. The number of imidazole rings is 1. The van der Waals surface area contributed by atoms with Crippen molar-refractivity contribution in [3.8, 4) is 0 Å². The van der Waals surface area contributed by atoms with Gasteiger partial charge in [0.2, 0.25) is 11.8 Å². The fourth-order valence-corrected chi connectivity index (χ4v) is 3.37. The number of aliphatic hydroxyl groups is 1. The maximum atomic E-state index is 12.7. The Bertz CT molecular complexity index is 1080. The molecule has 0 spiro atoms. The number of nitrogens with zero attached hydrogens (tertiary/aromatic N) is 1. The Hall–Kier alpha value is -3.70. The van der Waals surface area contributed by atoms with E-state index in [2.05, 4.69) is 25.6 Å². The van der Waals surface area contributed by atoms with Gasteiger partial charge in [0.05, 0.1) is 18.5 Å². The van der Waals surface area contributed by atoms with Crippen LogP contribution in [0.15, 0.2) is 43.0 Å². The van der Waals surface area contributed by atoms with E-state index in [-0.39, 0.29) is 12.8 Å². The Kier molecular flexibility index (Phi) is 7.23. The normalized spacial score (nSPS) is 15.0. The summed E-state index contributed by atoms with van der Waals surface area (Å²) in [6.45, 7) is 1.32. The number of aromatic amines is 2. The molecule has 1 aromatic carbocycles. The Morgan fingerprint density at radius 3 is 2.53 bits per heavy atom. The average Bonchev–Trinajstić information content (AvgIpc) is 3.41. The minimum Gasteiger partial charge on any atom is -0.480 e. The number of aliphatic hydroxyl groups excluding tert-OH is 1. The molecule has 0 aliphatic carbocycles. The Balaban J connectivity index is 1.64. The van der Waals surface area contributed by atoms with Gasteiger partial charge in [0.25, 0.3) is 0 Å². The third-order valence-corrected chi connectivity index (χ3v) is 5.11. The largest absolute Gasteiger partial charge is 0.480 e. The second-order valence-electron chi connectivity index (χ2n) is 7.58. The van der Waals surface area contributed by atoms with Crippen molar-refractivity contribution in [3.05, 3.63) is 54.2 Å². The molecule has 0 radical (unpaired) electrons. The molecule has 11 heteroatoms. The van der Waals surface area contributed by atoms with E-state index in [0.29, 0.717) is 5.69 Å². The smallest absolute Gasteiger partial charge is 0.326 e. The number of fused-ring (bicyclic) bond motifs is 1. The number of aromatic nitrogens is 3. The zero-order valence-corrected chi connectivity index (χ0v) is 17.4. The van der Waals surface area contributed by atoms with Gasteiger partial charge in [-0.1, -0.05) is 18.2 Å². The van der Waals surface area contributed by atoms with E-state index in [4.69, 9.17) is 5.73 Å². The van der Waals surface area contributed by atoms with Crippen LogP contribution in [0.3, 0.4) is 0 Å². The SMILES string of the molecule is C[C@@H](O)[C@H](NC(=O)[C@@H](N)Cc1c[nH]c2ccccc12)C(=O)N[C@@H](Cc1cnc[nH]1)C(=O)O. The van der Waals surface area contributed by atoms with Gasteiger partial charge in [-0.15, -0.1) is 0 Å². The number of carbonyl (C=O) groups is 3. The molecule has 0 bridgehead atoms. The molecule has 4 atom stereocenters. The minimum atomic E-state index is -1.37. The first-order valence-corrected chi connectivity index (χ1v) is 10.1. The van der Waals surface area contributed by atoms with Crippen LogP contribution in [0, 0.1) is 0 Å². The molecule has 2 heterocycles. The molecule has 170 valence electrons. The van der Waals surface area contributed by atoms with Gasteiger partial charge in [0, 0.05) is 35.4 Å². The summed E-state index contributed by atoms with van der Waals surface area (Å²) in [4.78, 5) is 46.5. The lowest BCUT2D eigenvalue weighted by molar-refractivity contribution is -0.142. The van der Waals surface area contributed by atoms with E-state index >= 15 is 0 Å². The van der Waals surface area contributed by atoms with Crippen LogP contribution in [0.25, 0.3) is 10.9 Å². The van der Waals surface area contributed by atoms with Crippen LogP contribution in [0.2, 0.25) is 0 Å². The van der Waals surface area contributed by atoms with Crippen molar-refractivity contribution in [3.63, 3.8) is 0 Å². The number of benzene rings is 1. The first-order valence-electron chi connectivity index (χ1n) is 10.1. The van der Waals surface area contributed by atoms with Gasteiger partial charge < -0.3 is 36.5 Å². The summed E-state index contributed by atoms with van der Waals surface area (Å²) in [5.41, 5.74) is 8.30. The standard InChI is InChI=1S/C21H26N6O5/c1-11(28)18(20(30)26-17(21(31)32)7-13-9-23-10-25-13)27-19(29)15(22)6-12-8-24-16-5-3-2-4-14(12)16/h2-5,8-11,15,17-18,24,28H,6-7,22H2,1H3,(H,23,25)(H,26,30)(H,27,29)(H,31,32)/t11-,15+,17+,18+/m1/s1. The Morgan fingerprint density at radius 1 is 1.12 bits per heavy atom. The highest BCUT2D eigenvalue weighted by Gasteiger charge is 2.31. The first kappa shape index (κ1) is 23.0. The van der Waals surface area contributed by atoms with Crippen molar-refractivity contribution in [1.82, 2.24) is 25.6 Å². The second-order valence-corrected chi connectivity index (χ2v) is 7.58. The maximum absolute atomic E-state index is 12.7. The van der Waals surface area contributed by atoms with Gasteiger partial charge in [-0.2, -0.15) is 0 Å². The number of carboxylic acid groups (broad SMARTS) is 1. The third-order valence-electron chi connectivity index (χ3n) is 5.11. The van der Waals surface area contributed by atoms with E-state index in [0.717, 1.165) is 16.5 Å². The maximum Gasteiger partial charge on any atom is 0.326 e. The lowest BCUT2D eigenvalue weighted by Gasteiger charge is -2.24. The fraction of sp³-hybridized carbons (Fsp3) is 0.333. The molecule has 0 aliphatic heterocycles. The number of rotatable bonds is 10. The minimum absolute atomic E-state index is 0.0401. The van der Waals surface area contributed by atoms with Crippen LogP contribution >= 0.6 is 0 Å². The fourth-order valence-electron chi connectivity index (χ4n) is 3.37. The molecule has 0 fully saturated rings. The molecule has 32 heavy (non-hydrogen) atoms. The first-order chi connectivity index (χ1) is 15.3. The lowest BCUT2D eigenvalue weighted by atomic mass is 10.0. The van der Waals surface area contributed by atoms with Gasteiger partial charge in [-0.05, 0) is 25.0 Å². The Labute approximate surface area is 183 Å². The lowest BCUT2D eigenvalue weighted by Crippen LogP contribution is -2.58. The predicted octanol–water partition coefficient (Wildman–Crippen LogP) is -0.561. The molecule has 11 nitrogen and oxygen atoms in total. The number of nitrogens with one attached hydrogen (secondary N) is 4. The summed E-state index contributed by atoms with van der Waals surface area (Å²) in [5.74, 6) is -2.74. The summed E-state index contributed by atoms with van der Waals surface area (Å²) < 4.78 is 0. The number of aliphatic carboxylic acids is 1. The molecule has 0 aliphatic rings. The van der Waals surface area contributed by atoms with Gasteiger partial charge >= 0.3 is 5.97 Å². The van der Waals surface area contributed by atoms with E-state index in [1.807, 2.05) is 24.3 Å². The zero-order valence-electron chi connectivity index (χ0n) is 17.4. The van der Waals surface area contributed by atoms with Gasteiger partial charge in [0.15, 0.2) is 0 Å². The van der Waals surface area contributed by atoms with E-state index < -0.39 is 42.0 Å². The topological polar surface area (TPSA) is 186 Å². The second kappa shape index (κ2) is 10.1. The average molecular weight is 442 g/mol. The Morgan fingerprint density at radius 2 is 1.88 bits per heavy atom. The van der Waals surface area contributed by atoms with Crippen molar-refractivity contribution in [1.29, 1.82) is 0 Å². The third kappa shape index (κ3) is 5.50. The molecular formula is C21H26N6O5. The van der Waals surface area contributed by atoms with Gasteiger partial charge in [-0.3, -0.25) is 9.59 Å². The molecule has 0 saturated heterocycles. The van der Waals surface area contributed by atoms with Crippen LogP contribution in [0.4, 0.5) is 0 Å². The van der Waals surface area contributed by atoms with Crippen LogP contribution in [0.1, 0.15) is 18.2 Å². The molecule has 8 N–H and O–H groups in total. The summed E-state index contributed by atoms with van der Waals surface area (Å²) in [6.07, 6.45) is 3.50. The van der Waals surface area contributed by atoms with Gasteiger partial charge in [0.1, 0.15) is 12.1 Å². The van der Waals surface area contributed by atoms with Crippen LogP contribution in [-0.4, -0.2) is 67.2 Å². The zero-order chi connectivity index (χ0) is 23.3. The number of carboxylic acids is 1. The predicted molar refractivity (Wildman–Crippen MR) is 115 cm³/mol. The van der Waals surface area contributed by atoms with Crippen molar-refractivity contribution in [2.24, 2.45) is 5.73 Å². The van der Waals surface area contributed by atoms with Crippen LogP contribution in [-0.2, 0) is 27.2 Å². The highest BCUT2D eigenvalue weighted by atomic mass is 16.4.